The van der Waals surface area contributed by atoms with Gasteiger partial charge in [0, 0.05) is 10.4 Å². The minimum atomic E-state index is -0.665. The molecule has 0 atom stereocenters. The van der Waals surface area contributed by atoms with Crippen LogP contribution < -0.4 is 10.6 Å². The van der Waals surface area contributed by atoms with Gasteiger partial charge < -0.3 is 10.1 Å². The van der Waals surface area contributed by atoms with E-state index in [1.807, 2.05) is 6.92 Å². The topological polar surface area (TPSA) is 84.5 Å². The summed E-state index contributed by atoms with van der Waals surface area (Å²) in [6.07, 6.45) is 1.90. The zero-order valence-corrected chi connectivity index (χ0v) is 15.1. The number of rotatable bonds is 5. The lowest BCUT2D eigenvalue weighted by atomic mass is 10.1. The van der Waals surface area contributed by atoms with Gasteiger partial charge in [-0.1, -0.05) is 13.3 Å². The minimum Gasteiger partial charge on any atom is -0.451 e. The Morgan fingerprint density at radius 3 is 2.48 bits per heavy atom. The summed E-state index contributed by atoms with van der Waals surface area (Å²) in [7, 11) is 0. The highest BCUT2D eigenvalue weighted by atomic mass is 32.1. The fourth-order valence-corrected chi connectivity index (χ4v) is 2.84. The molecule has 1 rings (SSSR count). The third-order valence-corrected chi connectivity index (χ3v) is 3.89. The number of hydrogen-bond acceptors (Lipinski definition) is 5. The Morgan fingerprint density at radius 1 is 1.26 bits per heavy atom. The van der Waals surface area contributed by atoms with Gasteiger partial charge in [-0.05, 0) is 45.7 Å². The first kappa shape index (κ1) is 19.2. The van der Waals surface area contributed by atoms with Crippen LogP contribution in [0.4, 0.5) is 4.79 Å². The average Bonchev–Trinajstić information content (AvgIpc) is 2.76. The molecule has 7 heteroatoms. The van der Waals surface area contributed by atoms with E-state index in [2.05, 4.69) is 17.6 Å². The second-order valence-electron chi connectivity index (χ2n) is 6.27. The van der Waals surface area contributed by atoms with E-state index in [0.29, 0.717) is 4.88 Å². The molecule has 23 heavy (non-hydrogen) atoms. The summed E-state index contributed by atoms with van der Waals surface area (Å²) in [5.74, 6) is -1.21. The van der Waals surface area contributed by atoms with Crippen molar-refractivity contribution < 1.29 is 19.1 Å². The summed E-state index contributed by atoms with van der Waals surface area (Å²) in [6.45, 7) is 8.92. The number of urea groups is 1. The zero-order chi connectivity index (χ0) is 17.6. The van der Waals surface area contributed by atoms with Crippen LogP contribution in [0.3, 0.4) is 0 Å². The highest BCUT2D eigenvalue weighted by Crippen LogP contribution is 2.23. The van der Waals surface area contributed by atoms with Gasteiger partial charge in [0.25, 0.3) is 5.91 Å². The van der Waals surface area contributed by atoms with Gasteiger partial charge in [0.2, 0.25) is 0 Å². The van der Waals surface area contributed by atoms with Gasteiger partial charge in [-0.2, -0.15) is 0 Å². The molecule has 3 amide bonds. The van der Waals surface area contributed by atoms with Gasteiger partial charge in [0.15, 0.2) is 6.61 Å². The highest BCUT2D eigenvalue weighted by molar-refractivity contribution is 7.14. The van der Waals surface area contributed by atoms with Crippen LogP contribution in [0.15, 0.2) is 6.07 Å². The molecule has 0 radical (unpaired) electrons. The standard InChI is InChI=1S/C16H24N2O4S/c1-6-7-11-8-12(23-10(11)2)14(20)22-9-13(19)17-15(21)18-16(3,4)5/h8H,6-7,9H2,1-5H3,(H2,17,18,19,21). The first-order valence-corrected chi connectivity index (χ1v) is 8.32. The van der Waals surface area contributed by atoms with E-state index in [-0.39, 0.29) is 0 Å². The van der Waals surface area contributed by atoms with Crippen molar-refractivity contribution in [3.8, 4) is 0 Å². The maximum atomic E-state index is 11.9. The first-order chi connectivity index (χ1) is 10.6. The molecule has 0 saturated carbocycles. The maximum absolute atomic E-state index is 11.9. The number of aryl methyl sites for hydroxylation is 2. The number of hydrogen-bond donors (Lipinski definition) is 2. The molecule has 0 saturated heterocycles. The molecule has 0 aliphatic heterocycles. The van der Waals surface area contributed by atoms with Crippen LogP contribution in [0.25, 0.3) is 0 Å². The Hall–Kier alpha value is -1.89. The van der Waals surface area contributed by atoms with E-state index in [1.54, 1.807) is 26.8 Å². The number of carbonyl (C=O) groups excluding carboxylic acids is 3. The van der Waals surface area contributed by atoms with Gasteiger partial charge in [-0.15, -0.1) is 11.3 Å². The lowest BCUT2D eigenvalue weighted by Crippen LogP contribution is -2.49. The second kappa shape index (κ2) is 8.10. The fraction of sp³-hybridized carbons (Fsp3) is 0.562. The van der Waals surface area contributed by atoms with Crippen LogP contribution in [-0.2, 0) is 16.0 Å². The number of thiophene rings is 1. The Balaban J connectivity index is 2.48. The summed E-state index contributed by atoms with van der Waals surface area (Å²) in [6, 6.07) is 1.19. The van der Waals surface area contributed by atoms with Crippen LogP contribution in [-0.4, -0.2) is 30.1 Å². The van der Waals surface area contributed by atoms with Crippen LogP contribution >= 0.6 is 11.3 Å². The third-order valence-electron chi connectivity index (χ3n) is 2.82. The predicted octanol–water partition coefficient (Wildman–Crippen LogP) is 2.79. The fourth-order valence-electron chi connectivity index (χ4n) is 1.87. The average molecular weight is 340 g/mol. The van der Waals surface area contributed by atoms with Crippen molar-refractivity contribution in [2.24, 2.45) is 0 Å². The third kappa shape index (κ3) is 6.81. The van der Waals surface area contributed by atoms with Crippen molar-refractivity contribution in [2.75, 3.05) is 6.61 Å². The van der Waals surface area contributed by atoms with E-state index < -0.39 is 30.1 Å². The Morgan fingerprint density at radius 2 is 1.91 bits per heavy atom. The largest absolute Gasteiger partial charge is 0.451 e. The quantitative estimate of drug-likeness (QED) is 0.807. The van der Waals surface area contributed by atoms with E-state index >= 15 is 0 Å². The summed E-state index contributed by atoms with van der Waals surface area (Å²) >= 11 is 1.35. The molecular formula is C16H24N2O4S. The number of esters is 1. The van der Waals surface area contributed by atoms with Gasteiger partial charge >= 0.3 is 12.0 Å². The number of carbonyl (C=O) groups is 3. The van der Waals surface area contributed by atoms with Gasteiger partial charge in [-0.3, -0.25) is 10.1 Å². The molecule has 2 N–H and O–H groups in total. The summed E-state index contributed by atoms with van der Waals surface area (Å²) in [5.41, 5.74) is 0.670. The van der Waals surface area contributed by atoms with Crippen molar-refractivity contribution in [1.82, 2.24) is 10.6 Å². The van der Waals surface area contributed by atoms with Gasteiger partial charge in [0.05, 0.1) is 0 Å². The predicted molar refractivity (Wildman–Crippen MR) is 89.8 cm³/mol. The van der Waals surface area contributed by atoms with E-state index in [0.717, 1.165) is 23.3 Å². The van der Waals surface area contributed by atoms with Crippen LogP contribution in [0.2, 0.25) is 0 Å². The van der Waals surface area contributed by atoms with Crippen molar-refractivity contribution in [1.29, 1.82) is 0 Å². The summed E-state index contributed by atoms with van der Waals surface area (Å²) in [4.78, 5) is 36.6. The lowest BCUT2D eigenvalue weighted by Gasteiger charge is -2.20. The molecular weight excluding hydrogens is 316 g/mol. The molecule has 1 aromatic heterocycles. The molecule has 0 spiro atoms. The van der Waals surface area contributed by atoms with Crippen molar-refractivity contribution in [3.63, 3.8) is 0 Å². The van der Waals surface area contributed by atoms with Crippen LogP contribution in [0, 0.1) is 6.92 Å². The maximum Gasteiger partial charge on any atom is 0.348 e. The molecule has 0 bridgehead atoms. The number of nitrogens with one attached hydrogen (secondary N) is 2. The molecule has 6 nitrogen and oxygen atoms in total. The molecule has 0 aliphatic carbocycles. The smallest absolute Gasteiger partial charge is 0.348 e. The Kier molecular flexibility index (Phi) is 6.75. The van der Waals surface area contributed by atoms with E-state index in [1.165, 1.54) is 11.3 Å². The Bertz CT molecular complexity index is 587. The normalized spacial score (nSPS) is 11.0. The van der Waals surface area contributed by atoms with Crippen molar-refractivity contribution in [2.45, 2.75) is 53.0 Å². The SMILES string of the molecule is CCCc1cc(C(=O)OCC(=O)NC(=O)NC(C)(C)C)sc1C. The Labute approximate surface area is 140 Å². The highest BCUT2D eigenvalue weighted by Gasteiger charge is 2.18. The monoisotopic (exact) mass is 340 g/mol. The second-order valence-corrected chi connectivity index (χ2v) is 7.53. The number of imide groups is 1. The lowest BCUT2D eigenvalue weighted by molar-refractivity contribution is -0.123. The molecule has 0 aromatic carbocycles. The van der Waals surface area contributed by atoms with E-state index in [4.69, 9.17) is 4.74 Å². The van der Waals surface area contributed by atoms with Crippen molar-refractivity contribution >= 4 is 29.2 Å². The molecule has 1 heterocycles. The number of amides is 3. The molecule has 128 valence electrons. The van der Waals surface area contributed by atoms with Crippen LogP contribution in [0.5, 0.6) is 0 Å². The zero-order valence-electron chi connectivity index (χ0n) is 14.2. The molecule has 0 aliphatic rings. The van der Waals surface area contributed by atoms with Crippen LogP contribution in [0.1, 0.15) is 54.2 Å². The molecule has 0 fully saturated rings. The summed E-state index contributed by atoms with van der Waals surface area (Å²) < 4.78 is 4.95. The minimum absolute atomic E-state index is 0.453. The van der Waals surface area contributed by atoms with Crippen molar-refractivity contribution in [3.05, 3.63) is 21.4 Å². The van der Waals surface area contributed by atoms with Gasteiger partial charge in [-0.25, -0.2) is 9.59 Å². The number of ether oxygens (including phenoxy) is 1. The first-order valence-electron chi connectivity index (χ1n) is 7.50. The summed E-state index contributed by atoms with van der Waals surface area (Å²) in [5, 5.41) is 4.70. The van der Waals surface area contributed by atoms with E-state index in [9.17, 15) is 14.4 Å². The molecule has 1 aromatic rings. The van der Waals surface area contributed by atoms with Gasteiger partial charge in [0.1, 0.15) is 4.88 Å². The molecule has 0 unspecified atom stereocenters.